The molecule has 1 aromatic carbocycles. The molecule has 8 heteroatoms. The maximum Gasteiger partial charge on any atom is 0.269 e. The normalized spacial score (nSPS) is 20.0. The Bertz CT molecular complexity index is 926. The van der Waals surface area contributed by atoms with Gasteiger partial charge in [-0.05, 0) is 30.5 Å². The van der Waals surface area contributed by atoms with Gasteiger partial charge in [-0.2, -0.15) is 5.10 Å². The molecule has 1 atom stereocenters. The lowest BCUT2D eigenvalue weighted by Crippen LogP contribution is -2.44. The molecule has 0 radical (unpaired) electrons. The third-order valence-electron chi connectivity index (χ3n) is 5.53. The number of rotatable bonds is 4. The second-order valence-electron chi connectivity index (χ2n) is 7.54. The quantitative estimate of drug-likeness (QED) is 0.780. The lowest BCUT2D eigenvalue weighted by molar-refractivity contribution is -0.132. The molecule has 2 aromatic rings. The minimum absolute atomic E-state index is 0.0571. The van der Waals surface area contributed by atoms with E-state index in [2.05, 4.69) is 10.00 Å². The molecule has 1 aromatic heterocycles. The monoisotopic (exact) mass is 400 g/mol. The SMILES string of the molecule is O=C(Cc1cccc(F)c1)N1CCC[C@H](n2ncc(N3CCOCC3)cc2=O)C1. The number of piperidine rings is 1. The Kier molecular flexibility index (Phi) is 5.89. The first-order valence-corrected chi connectivity index (χ1v) is 10.0. The fourth-order valence-electron chi connectivity index (χ4n) is 3.99. The Hall–Kier alpha value is -2.74. The zero-order valence-corrected chi connectivity index (χ0v) is 16.3. The van der Waals surface area contributed by atoms with Crippen LogP contribution in [-0.2, 0) is 16.0 Å². The van der Waals surface area contributed by atoms with Crippen molar-refractivity contribution in [1.82, 2.24) is 14.7 Å². The van der Waals surface area contributed by atoms with Gasteiger partial charge in [-0.3, -0.25) is 9.59 Å². The molecule has 1 amide bonds. The van der Waals surface area contributed by atoms with E-state index in [-0.39, 0.29) is 29.7 Å². The highest BCUT2D eigenvalue weighted by molar-refractivity contribution is 5.78. The third-order valence-corrected chi connectivity index (χ3v) is 5.53. The second kappa shape index (κ2) is 8.73. The second-order valence-corrected chi connectivity index (χ2v) is 7.54. The standard InChI is InChI=1S/C21H25FN4O3/c22-17-4-1-3-16(11-17)12-20(27)25-6-2-5-18(15-25)26-21(28)13-19(14-23-26)24-7-9-29-10-8-24/h1,3-4,11,13-14,18H,2,5-10,12,15H2/t18-/m0/s1. The predicted octanol–water partition coefficient (Wildman–Crippen LogP) is 1.63. The molecule has 0 aliphatic carbocycles. The number of benzene rings is 1. The largest absolute Gasteiger partial charge is 0.378 e. The van der Waals surface area contributed by atoms with Gasteiger partial charge in [0.2, 0.25) is 5.91 Å². The smallest absolute Gasteiger partial charge is 0.269 e. The molecule has 2 fully saturated rings. The van der Waals surface area contributed by atoms with Crippen LogP contribution in [0.25, 0.3) is 0 Å². The summed E-state index contributed by atoms with van der Waals surface area (Å²) < 4.78 is 20.2. The van der Waals surface area contributed by atoms with Gasteiger partial charge in [0.05, 0.1) is 37.6 Å². The lowest BCUT2D eigenvalue weighted by Gasteiger charge is -2.33. The zero-order chi connectivity index (χ0) is 20.2. The summed E-state index contributed by atoms with van der Waals surface area (Å²) in [6, 6.07) is 7.58. The van der Waals surface area contributed by atoms with Gasteiger partial charge in [0.25, 0.3) is 5.56 Å². The minimum Gasteiger partial charge on any atom is -0.378 e. The highest BCUT2D eigenvalue weighted by atomic mass is 19.1. The Morgan fingerprint density at radius 3 is 2.79 bits per heavy atom. The van der Waals surface area contributed by atoms with Crippen LogP contribution in [-0.4, -0.2) is 60.0 Å². The molecular formula is C21H25FN4O3. The Labute approximate surface area is 168 Å². The van der Waals surface area contributed by atoms with E-state index in [4.69, 9.17) is 4.74 Å². The Morgan fingerprint density at radius 2 is 2.03 bits per heavy atom. The summed E-state index contributed by atoms with van der Waals surface area (Å²) in [6.45, 7) is 3.87. The van der Waals surface area contributed by atoms with Gasteiger partial charge < -0.3 is 14.5 Å². The molecule has 2 aliphatic rings. The number of hydrogen-bond donors (Lipinski definition) is 0. The number of carbonyl (C=O) groups excluding carboxylic acids is 1. The molecular weight excluding hydrogens is 375 g/mol. The van der Waals surface area contributed by atoms with E-state index >= 15 is 0 Å². The molecule has 2 aliphatic heterocycles. The first-order chi connectivity index (χ1) is 14.1. The number of morpholine rings is 1. The molecule has 154 valence electrons. The topological polar surface area (TPSA) is 67.7 Å². The number of likely N-dealkylation sites (tertiary alicyclic amines) is 1. The average molecular weight is 400 g/mol. The van der Waals surface area contributed by atoms with Gasteiger partial charge >= 0.3 is 0 Å². The maximum absolute atomic E-state index is 13.4. The van der Waals surface area contributed by atoms with E-state index in [9.17, 15) is 14.0 Å². The van der Waals surface area contributed by atoms with Crippen LogP contribution < -0.4 is 10.5 Å². The summed E-state index contributed by atoms with van der Waals surface area (Å²) in [5.74, 6) is -0.402. The summed E-state index contributed by atoms with van der Waals surface area (Å²) in [5, 5.41) is 4.40. The number of anilines is 1. The van der Waals surface area contributed by atoms with Crippen LogP contribution >= 0.6 is 0 Å². The fraction of sp³-hybridized carbons (Fsp3) is 0.476. The third kappa shape index (κ3) is 4.64. The van der Waals surface area contributed by atoms with E-state index in [0.29, 0.717) is 31.9 Å². The van der Waals surface area contributed by atoms with Crippen LogP contribution in [0.4, 0.5) is 10.1 Å². The van der Waals surface area contributed by atoms with E-state index in [1.54, 1.807) is 29.3 Å². The fourth-order valence-corrected chi connectivity index (χ4v) is 3.99. The highest BCUT2D eigenvalue weighted by Crippen LogP contribution is 2.21. The summed E-state index contributed by atoms with van der Waals surface area (Å²) in [5.41, 5.74) is 1.31. The molecule has 0 saturated carbocycles. The minimum atomic E-state index is -0.345. The number of hydrogen-bond acceptors (Lipinski definition) is 5. The zero-order valence-electron chi connectivity index (χ0n) is 16.3. The molecule has 4 rings (SSSR count). The first kappa shape index (κ1) is 19.6. The molecule has 7 nitrogen and oxygen atoms in total. The highest BCUT2D eigenvalue weighted by Gasteiger charge is 2.26. The van der Waals surface area contributed by atoms with Gasteiger partial charge in [-0.1, -0.05) is 12.1 Å². The Balaban J connectivity index is 1.43. The van der Waals surface area contributed by atoms with Crippen LogP contribution in [0, 0.1) is 5.82 Å². The number of carbonyl (C=O) groups is 1. The Morgan fingerprint density at radius 1 is 1.21 bits per heavy atom. The van der Waals surface area contributed by atoms with E-state index in [0.717, 1.165) is 31.6 Å². The van der Waals surface area contributed by atoms with Crippen molar-refractivity contribution < 1.29 is 13.9 Å². The van der Waals surface area contributed by atoms with Crippen LogP contribution in [0.3, 0.4) is 0 Å². The van der Waals surface area contributed by atoms with Crippen molar-refractivity contribution in [3.8, 4) is 0 Å². The van der Waals surface area contributed by atoms with Gasteiger partial charge in [-0.25, -0.2) is 9.07 Å². The van der Waals surface area contributed by atoms with Crippen molar-refractivity contribution >= 4 is 11.6 Å². The van der Waals surface area contributed by atoms with Gasteiger partial charge in [0.1, 0.15) is 5.82 Å². The van der Waals surface area contributed by atoms with E-state index in [1.165, 1.54) is 16.8 Å². The number of halogens is 1. The molecule has 29 heavy (non-hydrogen) atoms. The summed E-state index contributed by atoms with van der Waals surface area (Å²) in [4.78, 5) is 29.2. The number of ether oxygens (including phenoxy) is 1. The van der Waals surface area contributed by atoms with Crippen LogP contribution in [0.15, 0.2) is 41.3 Å². The number of amides is 1. The van der Waals surface area contributed by atoms with Gasteiger partial charge in [0.15, 0.2) is 0 Å². The lowest BCUT2D eigenvalue weighted by atomic mass is 10.0. The van der Waals surface area contributed by atoms with Crippen molar-refractivity contribution in [2.75, 3.05) is 44.3 Å². The van der Waals surface area contributed by atoms with Crippen LogP contribution in [0.1, 0.15) is 24.4 Å². The first-order valence-electron chi connectivity index (χ1n) is 10.0. The molecule has 0 N–H and O–H groups in total. The number of nitrogens with zero attached hydrogens (tertiary/aromatic N) is 4. The number of aromatic nitrogens is 2. The molecule has 0 bridgehead atoms. The molecule has 0 unspecified atom stereocenters. The van der Waals surface area contributed by atoms with Crippen LogP contribution in [0.2, 0.25) is 0 Å². The van der Waals surface area contributed by atoms with Crippen molar-refractivity contribution in [3.63, 3.8) is 0 Å². The molecule has 3 heterocycles. The predicted molar refractivity (Wildman–Crippen MR) is 106 cm³/mol. The molecule has 2 saturated heterocycles. The van der Waals surface area contributed by atoms with Crippen molar-refractivity contribution in [2.45, 2.75) is 25.3 Å². The van der Waals surface area contributed by atoms with E-state index < -0.39 is 0 Å². The van der Waals surface area contributed by atoms with Crippen LogP contribution in [0.5, 0.6) is 0 Å². The molecule has 0 spiro atoms. The summed E-state index contributed by atoms with van der Waals surface area (Å²) in [7, 11) is 0. The van der Waals surface area contributed by atoms with Crippen molar-refractivity contribution in [1.29, 1.82) is 0 Å². The van der Waals surface area contributed by atoms with E-state index in [1.807, 2.05) is 0 Å². The summed E-state index contributed by atoms with van der Waals surface area (Å²) in [6.07, 6.45) is 3.48. The average Bonchev–Trinajstić information content (AvgIpc) is 2.74. The van der Waals surface area contributed by atoms with Crippen molar-refractivity contribution in [3.05, 3.63) is 58.3 Å². The van der Waals surface area contributed by atoms with Crippen molar-refractivity contribution in [2.24, 2.45) is 0 Å². The van der Waals surface area contributed by atoms with Gasteiger partial charge in [0, 0.05) is 32.2 Å². The maximum atomic E-state index is 13.4. The summed E-state index contributed by atoms with van der Waals surface area (Å²) >= 11 is 0. The van der Waals surface area contributed by atoms with Gasteiger partial charge in [-0.15, -0.1) is 0 Å².